The van der Waals surface area contributed by atoms with Gasteiger partial charge in [0, 0.05) is 27.1 Å². The molecule has 0 radical (unpaired) electrons. The molecule has 1 aliphatic carbocycles. The quantitative estimate of drug-likeness (QED) is 0.674. The molecule has 2 N–H and O–H groups in total. The molecular weight excluding hydrogens is 296 g/mol. The Morgan fingerprint density at radius 1 is 1.09 bits per heavy atom. The van der Waals surface area contributed by atoms with Crippen molar-refractivity contribution >= 4 is 5.97 Å². The van der Waals surface area contributed by atoms with E-state index in [1.807, 2.05) is 0 Å². The standard InChI is InChI=1S/C14H24O8/c1-12(19-4)13(2,20-5)22-10-8(15)6-14(17,11(16)18-3)7-9(10)21-12/h8-10,15,17H,6-7H2,1-5H3/t8-,9-,10-,12-,13-,14+/m1/s1. The highest BCUT2D eigenvalue weighted by molar-refractivity contribution is 5.79. The molecule has 0 unspecified atom stereocenters. The summed E-state index contributed by atoms with van der Waals surface area (Å²) in [6, 6.07) is 0. The van der Waals surface area contributed by atoms with E-state index in [-0.39, 0.29) is 12.8 Å². The van der Waals surface area contributed by atoms with E-state index in [4.69, 9.17) is 18.9 Å². The van der Waals surface area contributed by atoms with Crippen molar-refractivity contribution in [2.75, 3.05) is 21.3 Å². The van der Waals surface area contributed by atoms with E-state index >= 15 is 0 Å². The molecule has 1 saturated heterocycles. The summed E-state index contributed by atoms with van der Waals surface area (Å²) in [4.78, 5) is 11.8. The van der Waals surface area contributed by atoms with E-state index in [9.17, 15) is 15.0 Å². The van der Waals surface area contributed by atoms with Crippen molar-refractivity contribution in [2.24, 2.45) is 0 Å². The van der Waals surface area contributed by atoms with Gasteiger partial charge in [-0.25, -0.2) is 4.79 Å². The van der Waals surface area contributed by atoms with Gasteiger partial charge in [0.05, 0.1) is 19.3 Å². The minimum atomic E-state index is -1.83. The van der Waals surface area contributed by atoms with Crippen LogP contribution in [0.5, 0.6) is 0 Å². The molecule has 0 aromatic carbocycles. The highest BCUT2D eigenvalue weighted by Gasteiger charge is 2.62. The molecule has 6 atom stereocenters. The summed E-state index contributed by atoms with van der Waals surface area (Å²) in [5.41, 5.74) is -1.83. The Morgan fingerprint density at radius 3 is 2.14 bits per heavy atom. The number of carbonyl (C=O) groups is 1. The lowest BCUT2D eigenvalue weighted by Gasteiger charge is -2.55. The summed E-state index contributed by atoms with van der Waals surface area (Å²) in [5, 5.41) is 20.7. The lowest BCUT2D eigenvalue weighted by Crippen LogP contribution is -2.70. The Bertz CT molecular complexity index is 443. The summed E-state index contributed by atoms with van der Waals surface area (Å²) in [7, 11) is 4.06. The molecule has 0 amide bonds. The number of aliphatic hydroxyl groups excluding tert-OH is 1. The lowest BCUT2D eigenvalue weighted by atomic mass is 9.78. The van der Waals surface area contributed by atoms with Gasteiger partial charge in [-0.15, -0.1) is 0 Å². The van der Waals surface area contributed by atoms with E-state index in [2.05, 4.69) is 4.74 Å². The van der Waals surface area contributed by atoms with Crippen LogP contribution in [0.4, 0.5) is 0 Å². The predicted octanol–water partition coefficient (Wildman–Crippen LogP) is -0.446. The van der Waals surface area contributed by atoms with E-state index in [1.54, 1.807) is 13.8 Å². The van der Waals surface area contributed by atoms with E-state index < -0.39 is 41.5 Å². The summed E-state index contributed by atoms with van der Waals surface area (Å²) >= 11 is 0. The molecule has 0 spiro atoms. The van der Waals surface area contributed by atoms with Crippen molar-refractivity contribution in [1.29, 1.82) is 0 Å². The Labute approximate surface area is 129 Å². The van der Waals surface area contributed by atoms with Crippen molar-refractivity contribution < 1.29 is 38.7 Å². The molecule has 0 bridgehead atoms. The molecule has 1 aliphatic heterocycles. The van der Waals surface area contributed by atoms with Crippen molar-refractivity contribution in [3.05, 3.63) is 0 Å². The molecular formula is C14H24O8. The average Bonchev–Trinajstić information content (AvgIpc) is 2.48. The number of carbonyl (C=O) groups excluding carboxylic acids is 1. The van der Waals surface area contributed by atoms with Crippen molar-refractivity contribution in [2.45, 2.75) is 62.2 Å². The normalized spacial score (nSPS) is 48.6. The predicted molar refractivity (Wildman–Crippen MR) is 72.8 cm³/mol. The maximum Gasteiger partial charge on any atom is 0.338 e. The first-order valence-corrected chi connectivity index (χ1v) is 7.09. The van der Waals surface area contributed by atoms with Gasteiger partial charge in [0.25, 0.3) is 0 Å². The fourth-order valence-electron chi connectivity index (χ4n) is 3.09. The molecule has 8 nitrogen and oxygen atoms in total. The lowest BCUT2D eigenvalue weighted by molar-refractivity contribution is -0.460. The number of ether oxygens (including phenoxy) is 5. The van der Waals surface area contributed by atoms with Crippen LogP contribution in [0.2, 0.25) is 0 Å². The van der Waals surface area contributed by atoms with Crippen LogP contribution in [0.15, 0.2) is 0 Å². The Balaban J connectivity index is 2.30. The molecule has 8 heteroatoms. The number of aliphatic hydroxyl groups is 2. The highest BCUT2D eigenvalue weighted by atomic mass is 16.8. The topological polar surface area (TPSA) is 104 Å². The smallest absolute Gasteiger partial charge is 0.338 e. The second kappa shape index (κ2) is 5.70. The van der Waals surface area contributed by atoms with Crippen LogP contribution in [-0.2, 0) is 28.5 Å². The second-order valence-electron chi connectivity index (χ2n) is 6.04. The molecule has 0 aromatic heterocycles. The van der Waals surface area contributed by atoms with Gasteiger partial charge in [-0.3, -0.25) is 0 Å². The van der Waals surface area contributed by atoms with Crippen molar-refractivity contribution in [3.63, 3.8) is 0 Å². The first-order chi connectivity index (χ1) is 10.1. The van der Waals surface area contributed by atoms with Crippen LogP contribution >= 0.6 is 0 Å². The minimum Gasteiger partial charge on any atom is -0.467 e. The maximum atomic E-state index is 11.8. The van der Waals surface area contributed by atoms with Gasteiger partial charge in [-0.2, -0.15) is 0 Å². The Kier molecular flexibility index (Phi) is 4.55. The number of fused-ring (bicyclic) bond motifs is 1. The van der Waals surface area contributed by atoms with Crippen molar-refractivity contribution in [1.82, 2.24) is 0 Å². The van der Waals surface area contributed by atoms with E-state index in [1.165, 1.54) is 21.3 Å². The molecule has 2 aliphatic rings. The zero-order valence-electron chi connectivity index (χ0n) is 13.5. The molecule has 0 aromatic rings. The molecule has 22 heavy (non-hydrogen) atoms. The number of hydrogen-bond acceptors (Lipinski definition) is 8. The fraction of sp³-hybridized carbons (Fsp3) is 0.929. The molecule has 2 rings (SSSR count). The van der Waals surface area contributed by atoms with Crippen LogP contribution in [0.1, 0.15) is 26.7 Å². The third-order valence-electron chi connectivity index (χ3n) is 4.74. The summed E-state index contributed by atoms with van der Waals surface area (Å²) in [6.07, 6.45) is -2.88. The fourth-order valence-corrected chi connectivity index (χ4v) is 3.09. The first kappa shape index (κ1) is 17.6. The summed E-state index contributed by atoms with van der Waals surface area (Å²) in [5.74, 6) is -3.32. The monoisotopic (exact) mass is 320 g/mol. The average molecular weight is 320 g/mol. The Morgan fingerprint density at radius 2 is 1.64 bits per heavy atom. The number of rotatable bonds is 3. The first-order valence-electron chi connectivity index (χ1n) is 7.09. The van der Waals surface area contributed by atoms with Gasteiger partial charge in [0.2, 0.25) is 11.6 Å². The van der Waals surface area contributed by atoms with Gasteiger partial charge in [0.1, 0.15) is 6.10 Å². The van der Waals surface area contributed by atoms with Gasteiger partial charge in [0.15, 0.2) is 5.60 Å². The van der Waals surface area contributed by atoms with Crippen molar-refractivity contribution in [3.8, 4) is 0 Å². The number of esters is 1. The number of hydrogen-bond donors (Lipinski definition) is 2. The largest absolute Gasteiger partial charge is 0.467 e. The molecule has 1 saturated carbocycles. The zero-order chi connectivity index (χ0) is 16.8. The van der Waals surface area contributed by atoms with E-state index in [0.717, 1.165) is 0 Å². The van der Waals surface area contributed by atoms with Crippen LogP contribution in [0.3, 0.4) is 0 Å². The maximum absolute atomic E-state index is 11.8. The second-order valence-corrected chi connectivity index (χ2v) is 6.04. The summed E-state index contributed by atoms with van der Waals surface area (Å²) in [6.45, 7) is 3.27. The van der Waals surface area contributed by atoms with Crippen LogP contribution in [0.25, 0.3) is 0 Å². The number of methoxy groups -OCH3 is 3. The summed E-state index contributed by atoms with van der Waals surface area (Å²) < 4.78 is 27.1. The third-order valence-corrected chi connectivity index (χ3v) is 4.74. The van der Waals surface area contributed by atoms with E-state index in [0.29, 0.717) is 0 Å². The molecule has 2 fully saturated rings. The zero-order valence-corrected chi connectivity index (χ0v) is 13.5. The molecule has 128 valence electrons. The van der Waals surface area contributed by atoms with Gasteiger partial charge >= 0.3 is 5.97 Å². The minimum absolute atomic E-state index is 0.0693. The third kappa shape index (κ3) is 2.53. The molecule has 1 heterocycles. The van der Waals surface area contributed by atoms with Gasteiger partial charge in [-0.1, -0.05) is 0 Å². The highest BCUT2D eigenvalue weighted by Crippen LogP contribution is 2.45. The van der Waals surface area contributed by atoms with Crippen LogP contribution < -0.4 is 0 Å². The van der Waals surface area contributed by atoms with Crippen LogP contribution in [0, 0.1) is 0 Å². The Hall–Kier alpha value is -0.770. The van der Waals surface area contributed by atoms with Gasteiger partial charge < -0.3 is 33.9 Å². The van der Waals surface area contributed by atoms with Crippen LogP contribution in [-0.4, -0.2) is 73.0 Å². The SMILES string of the molecule is COC(=O)[C@]1(O)C[C@@H](O)[C@H]2O[C@@](C)(OC)[C@](C)(OC)O[C@@H]2C1. The van der Waals surface area contributed by atoms with Gasteiger partial charge in [-0.05, 0) is 13.8 Å².